The van der Waals surface area contributed by atoms with Gasteiger partial charge in [-0.15, -0.1) is 10.2 Å². The molecular formula is C24H33N7O2S. The van der Waals surface area contributed by atoms with Crippen LogP contribution in [0.3, 0.4) is 0 Å². The number of hydrogen-bond donors (Lipinski definition) is 4. The van der Waals surface area contributed by atoms with Crippen LogP contribution in [0.4, 0.5) is 0 Å². The van der Waals surface area contributed by atoms with Gasteiger partial charge in [-0.1, -0.05) is 24.3 Å². The molecule has 0 spiro atoms. The number of aromatic nitrogens is 4. The predicted octanol–water partition coefficient (Wildman–Crippen LogP) is 2.43. The van der Waals surface area contributed by atoms with Gasteiger partial charge in [0.2, 0.25) is 15.8 Å². The Morgan fingerprint density at radius 1 is 0.912 bits per heavy atom. The summed E-state index contributed by atoms with van der Waals surface area (Å²) in [6.45, 7) is 2.08. The molecule has 1 aliphatic heterocycles. The van der Waals surface area contributed by atoms with Crippen LogP contribution in [0.25, 0.3) is 11.1 Å². The lowest BCUT2D eigenvalue weighted by atomic mass is 9.76. The van der Waals surface area contributed by atoms with Gasteiger partial charge in [0, 0.05) is 11.6 Å². The second-order valence-corrected chi connectivity index (χ2v) is 11.2. The molecule has 10 heteroatoms. The normalized spacial score (nSPS) is 25.1. The molecule has 5 rings (SSSR count). The van der Waals surface area contributed by atoms with Crippen LogP contribution in [0.5, 0.6) is 0 Å². The van der Waals surface area contributed by atoms with Gasteiger partial charge in [0.25, 0.3) is 0 Å². The van der Waals surface area contributed by atoms with Crippen LogP contribution in [0, 0.1) is 5.92 Å². The number of allylic oxidation sites excluding steroid dienone is 3. The summed E-state index contributed by atoms with van der Waals surface area (Å²) in [7, 11) is -4.02. The molecule has 9 nitrogen and oxygen atoms in total. The Labute approximate surface area is 200 Å². The number of aromatic amines is 1. The van der Waals surface area contributed by atoms with Crippen molar-refractivity contribution in [2.24, 2.45) is 16.8 Å². The molecule has 2 aliphatic carbocycles. The number of benzene rings is 1. The van der Waals surface area contributed by atoms with Gasteiger partial charge in [-0.2, -0.15) is 5.21 Å². The van der Waals surface area contributed by atoms with Gasteiger partial charge in [0.05, 0.1) is 4.91 Å². The van der Waals surface area contributed by atoms with Gasteiger partial charge in [0.1, 0.15) is 0 Å². The monoisotopic (exact) mass is 483 g/mol. The number of nitrogens with zero attached hydrogens (tertiary/aromatic N) is 3. The van der Waals surface area contributed by atoms with Gasteiger partial charge in [-0.05, 0) is 104 Å². The summed E-state index contributed by atoms with van der Waals surface area (Å²) >= 11 is 0. The van der Waals surface area contributed by atoms with E-state index in [1.807, 2.05) is 0 Å². The summed E-state index contributed by atoms with van der Waals surface area (Å²) in [4.78, 5) is 0.179. The standard InChI is InChI=1S/C24H33N7O2S/c25-19-7-5-18(6-8-19)21-10-9-20(22(23(21)34(26,32)33)24-28-30-31-29-24)17-3-1-15(2-4-17)16-11-13-27-14-12-16/h1-4,16,18-19,27H,5-14,25H2,(H2,26,32,33)(H,28,29,30,31). The lowest BCUT2D eigenvalue weighted by Crippen LogP contribution is -2.30. The lowest BCUT2D eigenvalue weighted by molar-refractivity contribution is 0.356. The molecule has 2 heterocycles. The molecule has 34 heavy (non-hydrogen) atoms. The van der Waals surface area contributed by atoms with Crippen molar-refractivity contribution in [3.8, 4) is 0 Å². The lowest BCUT2D eigenvalue weighted by Gasteiger charge is -2.33. The number of primary sulfonamides is 1. The third-order valence-electron chi connectivity index (χ3n) is 7.65. The number of nitrogens with one attached hydrogen (secondary N) is 2. The molecule has 1 aromatic heterocycles. The van der Waals surface area contributed by atoms with Gasteiger partial charge < -0.3 is 11.1 Å². The first kappa shape index (κ1) is 23.3. The largest absolute Gasteiger partial charge is 0.328 e. The van der Waals surface area contributed by atoms with E-state index in [-0.39, 0.29) is 22.7 Å². The molecule has 1 saturated carbocycles. The summed E-state index contributed by atoms with van der Waals surface area (Å²) in [5, 5.41) is 23.8. The first-order chi connectivity index (χ1) is 16.4. The van der Waals surface area contributed by atoms with Crippen LogP contribution in [-0.2, 0) is 10.0 Å². The van der Waals surface area contributed by atoms with Crippen molar-refractivity contribution in [3.05, 3.63) is 51.7 Å². The highest BCUT2D eigenvalue weighted by Gasteiger charge is 2.36. The third kappa shape index (κ3) is 4.72. The highest BCUT2D eigenvalue weighted by Crippen LogP contribution is 2.46. The summed E-state index contributed by atoms with van der Waals surface area (Å²) in [5.74, 6) is 0.974. The van der Waals surface area contributed by atoms with Gasteiger partial charge in [-0.25, -0.2) is 13.6 Å². The zero-order chi connectivity index (χ0) is 23.7. The van der Waals surface area contributed by atoms with E-state index in [1.54, 1.807) is 0 Å². The SMILES string of the molecule is NC1CCC(C2=C(S(N)(=O)=O)C(c3nn[nH]n3)=C(c3ccc(C4CCNCC4)cc3)CC2)CC1. The van der Waals surface area contributed by atoms with E-state index in [4.69, 9.17) is 10.9 Å². The Balaban J connectivity index is 1.60. The highest BCUT2D eigenvalue weighted by atomic mass is 32.2. The van der Waals surface area contributed by atoms with E-state index < -0.39 is 10.0 Å². The molecule has 1 saturated heterocycles. The fourth-order valence-electron chi connectivity index (χ4n) is 5.88. The van der Waals surface area contributed by atoms with Crippen LogP contribution in [0.2, 0.25) is 0 Å². The van der Waals surface area contributed by atoms with Gasteiger partial charge >= 0.3 is 0 Å². The quantitative estimate of drug-likeness (QED) is 0.509. The number of rotatable bonds is 5. The van der Waals surface area contributed by atoms with E-state index in [1.165, 1.54) is 5.56 Å². The number of tetrazole rings is 1. The summed E-state index contributed by atoms with van der Waals surface area (Å²) in [5.41, 5.74) is 10.7. The zero-order valence-corrected chi connectivity index (χ0v) is 20.2. The van der Waals surface area contributed by atoms with Crippen molar-refractivity contribution in [1.29, 1.82) is 0 Å². The minimum atomic E-state index is -4.02. The maximum Gasteiger partial charge on any atom is 0.238 e. The molecule has 0 atom stereocenters. The topological polar surface area (TPSA) is 153 Å². The Morgan fingerprint density at radius 3 is 2.24 bits per heavy atom. The Hall–Kier alpha value is -2.40. The maximum atomic E-state index is 13.0. The molecule has 0 bridgehead atoms. The van der Waals surface area contributed by atoms with Crippen LogP contribution in [-0.4, -0.2) is 48.2 Å². The molecule has 182 valence electrons. The van der Waals surface area contributed by atoms with E-state index in [2.05, 4.69) is 50.2 Å². The average Bonchev–Trinajstić information content (AvgIpc) is 3.39. The van der Waals surface area contributed by atoms with Crippen molar-refractivity contribution in [3.63, 3.8) is 0 Å². The highest BCUT2D eigenvalue weighted by molar-refractivity contribution is 7.93. The van der Waals surface area contributed by atoms with E-state index in [0.29, 0.717) is 24.3 Å². The van der Waals surface area contributed by atoms with Gasteiger partial charge in [-0.3, -0.25) is 0 Å². The van der Waals surface area contributed by atoms with E-state index in [0.717, 1.165) is 68.3 Å². The number of nitrogens with two attached hydrogens (primary N) is 2. The van der Waals surface area contributed by atoms with E-state index in [9.17, 15) is 8.42 Å². The second-order valence-electron chi connectivity index (χ2n) is 9.75. The number of piperidine rings is 1. The molecule has 0 unspecified atom stereocenters. The Bertz CT molecular complexity index is 1170. The number of hydrogen-bond acceptors (Lipinski definition) is 7. The predicted molar refractivity (Wildman–Crippen MR) is 132 cm³/mol. The maximum absolute atomic E-state index is 13.0. The average molecular weight is 484 g/mol. The van der Waals surface area contributed by atoms with Crippen molar-refractivity contribution in [1.82, 2.24) is 25.9 Å². The molecule has 2 aromatic rings. The fourth-order valence-corrected chi connectivity index (χ4v) is 7.02. The van der Waals surface area contributed by atoms with Crippen LogP contribution in [0.15, 0.2) is 34.7 Å². The molecule has 0 amide bonds. The van der Waals surface area contributed by atoms with Crippen molar-refractivity contribution >= 4 is 21.2 Å². The smallest absolute Gasteiger partial charge is 0.238 e. The molecule has 1 aromatic carbocycles. The molecule has 3 aliphatic rings. The second kappa shape index (κ2) is 9.69. The Kier molecular flexibility index (Phi) is 6.65. The van der Waals surface area contributed by atoms with Crippen molar-refractivity contribution in [2.75, 3.05) is 13.1 Å². The third-order valence-corrected chi connectivity index (χ3v) is 8.69. The molecule has 0 radical (unpaired) electrons. The summed E-state index contributed by atoms with van der Waals surface area (Å²) < 4.78 is 26.0. The number of H-pyrrole nitrogens is 1. The van der Waals surface area contributed by atoms with Crippen molar-refractivity contribution in [2.45, 2.75) is 63.3 Å². The zero-order valence-electron chi connectivity index (χ0n) is 19.3. The van der Waals surface area contributed by atoms with Crippen molar-refractivity contribution < 1.29 is 8.42 Å². The molecule has 6 N–H and O–H groups in total. The van der Waals surface area contributed by atoms with Crippen LogP contribution < -0.4 is 16.2 Å². The minimum Gasteiger partial charge on any atom is -0.328 e. The van der Waals surface area contributed by atoms with Gasteiger partial charge in [0.15, 0.2) is 0 Å². The minimum absolute atomic E-state index is 0.152. The fraction of sp³-hybridized carbons (Fsp3) is 0.542. The first-order valence-corrected chi connectivity index (χ1v) is 13.8. The molecular weight excluding hydrogens is 450 g/mol. The Morgan fingerprint density at radius 2 is 1.62 bits per heavy atom. The summed E-state index contributed by atoms with van der Waals surface area (Å²) in [6, 6.07) is 8.71. The van der Waals surface area contributed by atoms with Crippen LogP contribution in [0.1, 0.15) is 74.2 Å². The summed E-state index contributed by atoms with van der Waals surface area (Å²) in [6.07, 6.45) is 7.12. The molecule has 2 fully saturated rings. The van der Waals surface area contributed by atoms with Crippen LogP contribution >= 0.6 is 0 Å². The van der Waals surface area contributed by atoms with E-state index >= 15 is 0 Å². The number of sulfonamides is 1. The first-order valence-electron chi connectivity index (χ1n) is 12.2.